The van der Waals surface area contributed by atoms with E-state index in [1.54, 1.807) is 6.20 Å². The Kier molecular flexibility index (Phi) is 4.67. The summed E-state index contributed by atoms with van der Waals surface area (Å²) in [6, 6.07) is -0.175. The molecule has 0 saturated heterocycles. The Morgan fingerprint density at radius 1 is 1.55 bits per heavy atom. The maximum atomic E-state index is 11.9. The standard InChI is InChI=1S/C12H18N6OS/c1-3-9-14-5-7-18(9)6-4-10(19)15-8(2)11-16-17-12(13)20-11/h5,7-8H,3-4,6H2,1-2H3,(H2,13,17)(H,15,19)/t8-/m0/s1. The number of imidazole rings is 1. The lowest BCUT2D eigenvalue weighted by atomic mass is 10.3. The summed E-state index contributed by atoms with van der Waals surface area (Å²) in [5, 5.41) is 11.7. The zero-order chi connectivity index (χ0) is 14.5. The van der Waals surface area contributed by atoms with E-state index in [2.05, 4.69) is 20.5 Å². The zero-order valence-electron chi connectivity index (χ0n) is 11.5. The molecular weight excluding hydrogens is 276 g/mol. The molecule has 0 radical (unpaired) electrons. The number of nitrogens with one attached hydrogen (secondary N) is 1. The van der Waals surface area contributed by atoms with E-state index in [4.69, 9.17) is 5.73 Å². The van der Waals surface area contributed by atoms with Crippen LogP contribution in [-0.2, 0) is 17.8 Å². The molecular formula is C12H18N6OS. The molecule has 0 aliphatic rings. The predicted octanol–water partition coefficient (Wildman–Crippen LogP) is 1.15. The van der Waals surface area contributed by atoms with Crippen LogP contribution in [0.4, 0.5) is 5.13 Å². The van der Waals surface area contributed by atoms with E-state index in [-0.39, 0.29) is 11.9 Å². The molecule has 1 amide bonds. The van der Waals surface area contributed by atoms with Gasteiger partial charge in [-0.25, -0.2) is 4.98 Å². The minimum absolute atomic E-state index is 0.0259. The van der Waals surface area contributed by atoms with Crippen molar-refractivity contribution in [3.63, 3.8) is 0 Å². The summed E-state index contributed by atoms with van der Waals surface area (Å²) in [5.74, 6) is 0.963. The second kappa shape index (κ2) is 6.47. The van der Waals surface area contributed by atoms with Gasteiger partial charge in [0.1, 0.15) is 10.8 Å². The normalized spacial score (nSPS) is 12.3. The average Bonchev–Trinajstić information content (AvgIpc) is 3.04. The lowest BCUT2D eigenvalue weighted by Crippen LogP contribution is -2.27. The number of hydrogen-bond acceptors (Lipinski definition) is 6. The monoisotopic (exact) mass is 294 g/mol. The zero-order valence-corrected chi connectivity index (χ0v) is 12.4. The molecule has 0 bridgehead atoms. The van der Waals surface area contributed by atoms with Gasteiger partial charge in [-0.2, -0.15) is 0 Å². The molecule has 0 unspecified atom stereocenters. The van der Waals surface area contributed by atoms with E-state index in [9.17, 15) is 4.79 Å². The number of carbonyl (C=O) groups excluding carboxylic acids is 1. The Hall–Kier alpha value is -1.96. The summed E-state index contributed by atoms with van der Waals surface area (Å²) in [7, 11) is 0. The van der Waals surface area contributed by atoms with Gasteiger partial charge in [0.25, 0.3) is 0 Å². The number of nitrogen functional groups attached to an aromatic ring is 1. The van der Waals surface area contributed by atoms with Crippen LogP contribution < -0.4 is 11.1 Å². The van der Waals surface area contributed by atoms with Gasteiger partial charge in [-0.3, -0.25) is 4.79 Å². The summed E-state index contributed by atoms with van der Waals surface area (Å²) in [6.07, 6.45) is 4.90. The van der Waals surface area contributed by atoms with Crippen LogP contribution in [0.5, 0.6) is 0 Å². The molecule has 0 saturated carbocycles. The fourth-order valence-corrected chi connectivity index (χ4v) is 2.49. The van der Waals surface area contributed by atoms with Crippen molar-refractivity contribution >= 4 is 22.4 Å². The summed E-state index contributed by atoms with van der Waals surface area (Å²) in [6.45, 7) is 4.54. The Morgan fingerprint density at radius 2 is 2.35 bits per heavy atom. The van der Waals surface area contributed by atoms with Gasteiger partial charge in [0.2, 0.25) is 11.0 Å². The van der Waals surface area contributed by atoms with E-state index in [0.717, 1.165) is 12.2 Å². The number of carbonyl (C=O) groups is 1. The number of hydrogen-bond donors (Lipinski definition) is 2. The molecule has 8 heteroatoms. The number of rotatable bonds is 6. The molecule has 0 aliphatic heterocycles. The molecule has 2 rings (SSSR count). The average molecular weight is 294 g/mol. The number of anilines is 1. The van der Waals surface area contributed by atoms with Crippen LogP contribution in [0.1, 0.15) is 37.1 Å². The molecule has 2 aromatic rings. The SMILES string of the molecule is CCc1nccn1CCC(=O)N[C@@H](C)c1nnc(N)s1. The Bertz CT molecular complexity index is 578. The number of aromatic nitrogens is 4. The highest BCUT2D eigenvalue weighted by atomic mass is 32.1. The van der Waals surface area contributed by atoms with Crippen LogP contribution in [0.2, 0.25) is 0 Å². The smallest absolute Gasteiger partial charge is 0.222 e. The fourth-order valence-electron chi connectivity index (χ4n) is 1.88. The first-order valence-electron chi connectivity index (χ1n) is 6.48. The van der Waals surface area contributed by atoms with Gasteiger partial charge in [-0.05, 0) is 6.92 Å². The molecule has 20 heavy (non-hydrogen) atoms. The van der Waals surface area contributed by atoms with Crippen LogP contribution in [0.3, 0.4) is 0 Å². The first kappa shape index (κ1) is 14.4. The molecule has 2 heterocycles. The molecule has 2 aromatic heterocycles. The topological polar surface area (TPSA) is 98.7 Å². The Labute approximate surface area is 121 Å². The van der Waals surface area contributed by atoms with Gasteiger partial charge in [0.15, 0.2) is 0 Å². The van der Waals surface area contributed by atoms with Crippen molar-refractivity contribution in [2.24, 2.45) is 0 Å². The summed E-state index contributed by atoms with van der Waals surface area (Å²) >= 11 is 1.29. The van der Waals surface area contributed by atoms with Gasteiger partial charge >= 0.3 is 0 Å². The molecule has 108 valence electrons. The highest BCUT2D eigenvalue weighted by Crippen LogP contribution is 2.18. The van der Waals surface area contributed by atoms with Gasteiger partial charge in [0, 0.05) is 31.8 Å². The number of aryl methyl sites for hydroxylation is 2. The minimum Gasteiger partial charge on any atom is -0.374 e. The first-order chi connectivity index (χ1) is 9.60. The van der Waals surface area contributed by atoms with Crippen LogP contribution in [0, 0.1) is 0 Å². The van der Waals surface area contributed by atoms with Crippen LogP contribution in [-0.4, -0.2) is 25.7 Å². The van der Waals surface area contributed by atoms with Crippen LogP contribution in [0.15, 0.2) is 12.4 Å². The second-order valence-corrected chi connectivity index (χ2v) is 5.45. The minimum atomic E-state index is -0.175. The van der Waals surface area contributed by atoms with Crippen molar-refractivity contribution in [1.29, 1.82) is 0 Å². The molecule has 0 aromatic carbocycles. The van der Waals surface area contributed by atoms with Crippen molar-refractivity contribution in [2.75, 3.05) is 5.73 Å². The molecule has 7 nitrogen and oxygen atoms in total. The van der Waals surface area contributed by atoms with Crippen LogP contribution >= 0.6 is 11.3 Å². The van der Waals surface area contributed by atoms with E-state index in [1.807, 2.05) is 24.6 Å². The Morgan fingerprint density at radius 3 is 3.00 bits per heavy atom. The molecule has 0 spiro atoms. The van der Waals surface area contributed by atoms with E-state index in [1.165, 1.54) is 11.3 Å². The third kappa shape index (κ3) is 3.53. The number of amides is 1. The summed E-state index contributed by atoms with van der Waals surface area (Å²) in [4.78, 5) is 16.1. The van der Waals surface area contributed by atoms with Crippen molar-refractivity contribution < 1.29 is 4.79 Å². The molecule has 3 N–H and O–H groups in total. The van der Waals surface area contributed by atoms with Crippen molar-refractivity contribution in [3.05, 3.63) is 23.2 Å². The second-order valence-electron chi connectivity index (χ2n) is 4.41. The fraction of sp³-hybridized carbons (Fsp3) is 0.500. The molecule has 0 aliphatic carbocycles. The predicted molar refractivity (Wildman–Crippen MR) is 77.1 cm³/mol. The first-order valence-corrected chi connectivity index (χ1v) is 7.30. The number of nitrogens with zero attached hydrogens (tertiary/aromatic N) is 4. The van der Waals surface area contributed by atoms with E-state index < -0.39 is 0 Å². The molecule has 0 fully saturated rings. The third-order valence-electron chi connectivity index (χ3n) is 2.90. The van der Waals surface area contributed by atoms with Gasteiger partial charge in [-0.1, -0.05) is 18.3 Å². The summed E-state index contributed by atoms with van der Waals surface area (Å²) < 4.78 is 1.99. The van der Waals surface area contributed by atoms with Gasteiger partial charge in [-0.15, -0.1) is 10.2 Å². The number of nitrogens with two attached hydrogens (primary N) is 1. The van der Waals surface area contributed by atoms with Gasteiger partial charge in [0.05, 0.1) is 6.04 Å². The summed E-state index contributed by atoms with van der Waals surface area (Å²) in [5.41, 5.74) is 5.52. The van der Waals surface area contributed by atoms with E-state index in [0.29, 0.717) is 23.1 Å². The maximum Gasteiger partial charge on any atom is 0.222 e. The highest BCUT2D eigenvalue weighted by molar-refractivity contribution is 7.15. The van der Waals surface area contributed by atoms with Crippen LogP contribution in [0.25, 0.3) is 0 Å². The maximum absolute atomic E-state index is 11.9. The molecule has 1 atom stereocenters. The lowest BCUT2D eigenvalue weighted by Gasteiger charge is -2.11. The lowest BCUT2D eigenvalue weighted by molar-refractivity contribution is -0.121. The van der Waals surface area contributed by atoms with Crippen molar-refractivity contribution in [1.82, 2.24) is 25.1 Å². The highest BCUT2D eigenvalue weighted by Gasteiger charge is 2.14. The van der Waals surface area contributed by atoms with Crippen molar-refractivity contribution in [2.45, 2.75) is 39.3 Å². The Balaban J connectivity index is 1.83. The van der Waals surface area contributed by atoms with Gasteiger partial charge < -0.3 is 15.6 Å². The quantitative estimate of drug-likeness (QED) is 0.832. The largest absolute Gasteiger partial charge is 0.374 e. The third-order valence-corrected chi connectivity index (χ3v) is 3.84. The van der Waals surface area contributed by atoms with E-state index >= 15 is 0 Å². The van der Waals surface area contributed by atoms with Crippen molar-refractivity contribution in [3.8, 4) is 0 Å².